The zero-order chi connectivity index (χ0) is 11.1. The topological polar surface area (TPSA) is 52.6 Å². The van der Waals surface area contributed by atoms with Crippen molar-refractivity contribution in [3.05, 3.63) is 24.5 Å². The van der Waals surface area contributed by atoms with Crippen molar-refractivity contribution in [3.63, 3.8) is 0 Å². The molecule has 0 aromatic rings. The fraction of sp³-hybridized carbons (Fsp3) is 0.455. The molecule has 4 heteroatoms. The summed E-state index contributed by atoms with van der Waals surface area (Å²) in [5, 5.41) is 0. The van der Waals surface area contributed by atoms with Crippen molar-refractivity contribution in [2.24, 2.45) is 0 Å². The van der Waals surface area contributed by atoms with Crippen molar-refractivity contribution >= 4 is 11.8 Å². The van der Waals surface area contributed by atoms with Crippen molar-refractivity contribution in [2.75, 3.05) is 6.61 Å². The van der Waals surface area contributed by atoms with Crippen LogP contribution in [0.1, 0.15) is 19.8 Å². The Hall–Kier alpha value is -1.58. The lowest BCUT2D eigenvalue weighted by molar-refractivity contribution is -0.142. The van der Waals surface area contributed by atoms with E-state index >= 15 is 0 Å². The van der Waals surface area contributed by atoms with E-state index in [0.717, 1.165) is 6.42 Å². The third-order valence-electron chi connectivity index (χ3n) is 1.84. The van der Waals surface area contributed by atoms with Crippen molar-refractivity contribution in [3.8, 4) is 0 Å². The first-order valence-electron chi connectivity index (χ1n) is 4.92. The average molecular weight is 210 g/mol. The van der Waals surface area contributed by atoms with Crippen LogP contribution in [-0.2, 0) is 19.1 Å². The number of carbonyl (C=O) groups is 2. The third-order valence-corrected chi connectivity index (χ3v) is 1.84. The Balaban J connectivity index is 2.17. The van der Waals surface area contributed by atoms with E-state index in [1.807, 2.05) is 6.92 Å². The Labute approximate surface area is 88.6 Å². The second-order valence-corrected chi connectivity index (χ2v) is 3.12. The highest BCUT2D eigenvalue weighted by Gasteiger charge is 2.17. The molecule has 82 valence electrons. The lowest BCUT2D eigenvalue weighted by Crippen LogP contribution is -2.12. The van der Waals surface area contributed by atoms with E-state index in [2.05, 4.69) is 0 Å². The van der Waals surface area contributed by atoms with Gasteiger partial charge in [-0.25, -0.2) is 0 Å². The van der Waals surface area contributed by atoms with Crippen molar-refractivity contribution < 1.29 is 19.1 Å². The minimum atomic E-state index is -0.546. The van der Waals surface area contributed by atoms with E-state index in [0.29, 0.717) is 6.42 Å². The molecule has 0 aliphatic carbocycles. The highest BCUT2D eigenvalue weighted by Crippen LogP contribution is 2.06. The molecule has 0 bridgehead atoms. The van der Waals surface area contributed by atoms with Crippen molar-refractivity contribution in [1.82, 2.24) is 0 Å². The number of rotatable bonds is 5. The number of ketones is 1. The molecule has 15 heavy (non-hydrogen) atoms. The molecule has 0 radical (unpaired) electrons. The Morgan fingerprint density at radius 3 is 3.07 bits per heavy atom. The van der Waals surface area contributed by atoms with E-state index in [1.54, 1.807) is 12.2 Å². The second-order valence-electron chi connectivity index (χ2n) is 3.12. The molecule has 1 unspecified atom stereocenters. The normalized spacial score (nSPS) is 19.5. The van der Waals surface area contributed by atoms with Crippen LogP contribution < -0.4 is 0 Å². The summed E-state index contributed by atoms with van der Waals surface area (Å²) >= 11 is 0. The molecule has 0 aromatic heterocycles. The first-order chi connectivity index (χ1) is 7.24. The maximum Gasteiger partial charge on any atom is 0.306 e. The highest BCUT2D eigenvalue weighted by molar-refractivity contribution is 5.96. The molecule has 0 aromatic carbocycles. The SMILES string of the molecule is CCCC(=O)OC/C=C\C1OC=CC1=O. The average Bonchev–Trinajstić information content (AvgIpc) is 2.60. The maximum absolute atomic E-state index is 11.0. The monoisotopic (exact) mass is 210 g/mol. The predicted octanol–water partition coefficient (Wildman–Crippen LogP) is 1.37. The molecular weight excluding hydrogens is 196 g/mol. The van der Waals surface area contributed by atoms with E-state index in [9.17, 15) is 9.59 Å². The molecule has 0 N–H and O–H groups in total. The van der Waals surface area contributed by atoms with Gasteiger partial charge in [0.1, 0.15) is 6.61 Å². The summed E-state index contributed by atoms with van der Waals surface area (Å²) in [4.78, 5) is 22.0. The Bertz CT molecular complexity index is 291. The summed E-state index contributed by atoms with van der Waals surface area (Å²) < 4.78 is 9.83. The van der Waals surface area contributed by atoms with Gasteiger partial charge >= 0.3 is 5.97 Å². The molecule has 1 aliphatic heterocycles. The van der Waals surface area contributed by atoms with E-state index in [-0.39, 0.29) is 18.4 Å². The summed E-state index contributed by atoms with van der Waals surface area (Å²) in [6.45, 7) is 2.10. The Morgan fingerprint density at radius 1 is 1.67 bits per heavy atom. The van der Waals surface area contributed by atoms with Gasteiger partial charge in [0, 0.05) is 12.5 Å². The summed E-state index contributed by atoms with van der Waals surface area (Å²) in [6.07, 6.45) is 6.59. The first kappa shape index (κ1) is 11.5. The van der Waals surface area contributed by atoms with Crippen LogP contribution >= 0.6 is 0 Å². The first-order valence-corrected chi connectivity index (χ1v) is 4.92. The van der Waals surface area contributed by atoms with Gasteiger partial charge in [0.15, 0.2) is 6.10 Å². The second kappa shape index (κ2) is 6.01. The minimum Gasteiger partial charge on any atom is -0.486 e. The Morgan fingerprint density at radius 2 is 2.47 bits per heavy atom. The zero-order valence-electron chi connectivity index (χ0n) is 8.64. The number of ether oxygens (including phenoxy) is 2. The molecule has 0 saturated carbocycles. The smallest absolute Gasteiger partial charge is 0.306 e. The van der Waals surface area contributed by atoms with Gasteiger partial charge in [0.2, 0.25) is 5.78 Å². The van der Waals surface area contributed by atoms with Crippen LogP contribution in [0.4, 0.5) is 0 Å². The molecule has 1 rings (SSSR count). The number of esters is 1. The molecule has 0 amide bonds. The fourth-order valence-electron chi connectivity index (χ4n) is 1.09. The molecule has 1 heterocycles. The number of carbonyl (C=O) groups excluding carboxylic acids is 2. The molecule has 4 nitrogen and oxygen atoms in total. The Kier molecular flexibility index (Phi) is 4.60. The van der Waals surface area contributed by atoms with Gasteiger partial charge in [-0.1, -0.05) is 6.92 Å². The largest absolute Gasteiger partial charge is 0.486 e. The van der Waals surface area contributed by atoms with Gasteiger partial charge in [0.05, 0.1) is 6.26 Å². The number of hydrogen-bond acceptors (Lipinski definition) is 4. The van der Waals surface area contributed by atoms with Gasteiger partial charge in [-0.15, -0.1) is 0 Å². The summed E-state index contributed by atoms with van der Waals surface area (Å²) in [6, 6.07) is 0. The van der Waals surface area contributed by atoms with Gasteiger partial charge in [-0.05, 0) is 18.6 Å². The highest BCUT2D eigenvalue weighted by atomic mass is 16.5. The van der Waals surface area contributed by atoms with Crippen molar-refractivity contribution in [2.45, 2.75) is 25.9 Å². The van der Waals surface area contributed by atoms with Crippen LogP contribution in [-0.4, -0.2) is 24.5 Å². The molecule has 0 saturated heterocycles. The summed E-state index contributed by atoms with van der Waals surface area (Å²) in [7, 11) is 0. The van der Waals surface area contributed by atoms with Crippen LogP contribution in [0.2, 0.25) is 0 Å². The minimum absolute atomic E-state index is 0.0915. The molecule has 1 aliphatic rings. The standard InChI is InChI=1S/C11H14O4/c1-2-4-11(13)15-7-3-5-10-9(12)6-8-14-10/h3,5-6,8,10H,2,4,7H2,1H3/b5-3-. The van der Waals surface area contributed by atoms with Crippen LogP contribution in [0.25, 0.3) is 0 Å². The maximum atomic E-state index is 11.0. The van der Waals surface area contributed by atoms with Crippen LogP contribution in [0.15, 0.2) is 24.5 Å². The lowest BCUT2D eigenvalue weighted by atomic mass is 10.2. The third kappa shape index (κ3) is 3.97. The zero-order valence-corrected chi connectivity index (χ0v) is 8.64. The molecule has 0 fully saturated rings. The molecular formula is C11H14O4. The van der Waals surface area contributed by atoms with Crippen LogP contribution in [0, 0.1) is 0 Å². The van der Waals surface area contributed by atoms with E-state index < -0.39 is 6.10 Å². The van der Waals surface area contributed by atoms with Crippen LogP contribution in [0.3, 0.4) is 0 Å². The summed E-state index contributed by atoms with van der Waals surface area (Å²) in [5.74, 6) is -0.315. The molecule has 1 atom stereocenters. The quantitative estimate of drug-likeness (QED) is 0.508. The predicted molar refractivity (Wildman–Crippen MR) is 54.0 cm³/mol. The van der Waals surface area contributed by atoms with E-state index in [1.165, 1.54) is 12.3 Å². The number of hydrogen-bond donors (Lipinski definition) is 0. The lowest BCUT2D eigenvalue weighted by Gasteiger charge is -2.02. The summed E-state index contributed by atoms with van der Waals surface area (Å²) in [5.41, 5.74) is 0. The van der Waals surface area contributed by atoms with Crippen molar-refractivity contribution in [1.29, 1.82) is 0 Å². The van der Waals surface area contributed by atoms with Crippen LogP contribution in [0.5, 0.6) is 0 Å². The van der Waals surface area contributed by atoms with E-state index in [4.69, 9.17) is 9.47 Å². The fourth-order valence-corrected chi connectivity index (χ4v) is 1.09. The molecule has 0 spiro atoms. The van der Waals surface area contributed by atoms with Gasteiger partial charge in [-0.3, -0.25) is 9.59 Å². The van der Waals surface area contributed by atoms with Gasteiger partial charge in [0.25, 0.3) is 0 Å². The van der Waals surface area contributed by atoms with Gasteiger partial charge < -0.3 is 9.47 Å². The van der Waals surface area contributed by atoms with Gasteiger partial charge in [-0.2, -0.15) is 0 Å².